The Morgan fingerprint density at radius 1 is 1.53 bits per heavy atom. The van der Waals surface area contributed by atoms with Crippen LogP contribution in [0.25, 0.3) is 0 Å². The number of fused-ring (bicyclic) bond motifs is 1. The quantitative estimate of drug-likeness (QED) is 0.543. The summed E-state index contributed by atoms with van der Waals surface area (Å²) in [6, 6.07) is 4.92. The largest absolute Gasteiger partial charge is 0.291 e. The molecule has 0 saturated carbocycles. The molecule has 0 N–H and O–H groups in total. The summed E-state index contributed by atoms with van der Waals surface area (Å²) in [5.74, 6) is -0.311. The number of rotatable bonds is 0. The molecule has 3 nitrogen and oxygen atoms in total. The van der Waals surface area contributed by atoms with Crippen molar-refractivity contribution in [3.63, 3.8) is 0 Å². The van der Waals surface area contributed by atoms with Crippen molar-refractivity contribution in [3.05, 3.63) is 28.8 Å². The molecule has 0 fully saturated rings. The molecule has 1 aromatic rings. The van der Waals surface area contributed by atoms with Crippen molar-refractivity contribution in [2.24, 2.45) is 0 Å². The minimum absolute atomic E-state index is 0.136. The first kappa shape index (κ1) is 10.6. The Kier molecular flexibility index (Phi) is 2.56. The Morgan fingerprint density at radius 3 is 2.80 bits per heavy atom. The second kappa shape index (κ2) is 3.61. The van der Waals surface area contributed by atoms with E-state index in [4.69, 9.17) is 11.6 Å². The molecule has 0 bridgehead atoms. The van der Waals surface area contributed by atoms with Crippen LogP contribution in [0.5, 0.6) is 0 Å². The summed E-state index contributed by atoms with van der Waals surface area (Å²) in [5, 5.41) is 0.493. The molecule has 0 aliphatic carbocycles. The van der Waals surface area contributed by atoms with Crippen molar-refractivity contribution in [1.29, 1.82) is 0 Å². The number of hydrogen-bond donors (Lipinski definition) is 0. The van der Waals surface area contributed by atoms with E-state index >= 15 is 0 Å². The number of carbonyl (C=O) groups excluding carboxylic acids is 2. The summed E-state index contributed by atoms with van der Waals surface area (Å²) in [5.41, 5.74) is 1.10. The summed E-state index contributed by atoms with van der Waals surface area (Å²) in [7, 11) is 0. The van der Waals surface area contributed by atoms with Gasteiger partial charge in [-0.25, -0.2) is 0 Å². The van der Waals surface area contributed by atoms with Crippen molar-refractivity contribution in [2.45, 2.75) is 11.9 Å². The number of carbonyl (C=O) groups is 2. The molecular formula is C10H7BrClNO2. The third-order valence-corrected chi connectivity index (χ3v) is 3.33. The molecule has 1 atom stereocenters. The van der Waals surface area contributed by atoms with Crippen LogP contribution < -0.4 is 4.90 Å². The van der Waals surface area contributed by atoms with Crippen LogP contribution in [0.1, 0.15) is 17.3 Å². The van der Waals surface area contributed by atoms with Crippen LogP contribution in [-0.4, -0.2) is 16.6 Å². The van der Waals surface area contributed by atoms with Crippen molar-refractivity contribution < 1.29 is 9.59 Å². The molecule has 5 heteroatoms. The number of benzene rings is 1. The maximum absolute atomic E-state index is 11.8. The van der Waals surface area contributed by atoms with Gasteiger partial charge in [0.1, 0.15) is 0 Å². The van der Waals surface area contributed by atoms with E-state index in [0.29, 0.717) is 16.3 Å². The second-order valence-electron chi connectivity index (χ2n) is 3.25. The van der Waals surface area contributed by atoms with Gasteiger partial charge < -0.3 is 0 Å². The van der Waals surface area contributed by atoms with Gasteiger partial charge in [0.25, 0.3) is 0 Å². The lowest BCUT2D eigenvalue weighted by Gasteiger charge is -2.17. The third kappa shape index (κ3) is 1.58. The highest BCUT2D eigenvalue weighted by Crippen LogP contribution is 2.36. The predicted molar refractivity (Wildman–Crippen MR) is 61.7 cm³/mol. The van der Waals surface area contributed by atoms with Crippen LogP contribution in [0, 0.1) is 0 Å². The normalized spacial score (nSPS) is 19.3. The Morgan fingerprint density at radius 2 is 2.20 bits per heavy atom. The van der Waals surface area contributed by atoms with Gasteiger partial charge in [0.15, 0.2) is 10.7 Å². The van der Waals surface area contributed by atoms with Crippen molar-refractivity contribution in [2.75, 3.05) is 4.90 Å². The molecule has 1 unspecified atom stereocenters. The number of nitrogens with zero attached hydrogens (tertiary/aromatic N) is 1. The molecule has 0 spiro atoms. The Balaban J connectivity index is 2.60. The van der Waals surface area contributed by atoms with Gasteiger partial charge in [-0.2, -0.15) is 0 Å². The zero-order chi connectivity index (χ0) is 11.2. The fourth-order valence-electron chi connectivity index (χ4n) is 1.61. The number of Topliss-reactive ketones (excluding diaryl/α,β-unsaturated/α-hetero) is 1. The van der Waals surface area contributed by atoms with Crippen LogP contribution in [0.4, 0.5) is 5.69 Å². The molecule has 1 aliphatic heterocycles. The molecule has 1 amide bonds. The van der Waals surface area contributed by atoms with Crippen LogP contribution in [0.2, 0.25) is 5.02 Å². The molecule has 1 aliphatic rings. The SMILES string of the molecule is CC(=O)N1c2ccc(Cl)cc2C(=O)C1Br. The van der Waals surface area contributed by atoms with E-state index in [0.717, 1.165) is 0 Å². The number of anilines is 1. The summed E-state index contributed by atoms with van der Waals surface area (Å²) < 4.78 is 0. The van der Waals surface area contributed by atoms with Crippen molar-refractivity contribution in [3.8, 4) is 0 Å². The Labute approximate surface area is 100 Å². The summed E-state index contributed by atoms with van der Waals surface area (Å²) in [6.45, 7) is 1.42. The monoisotopic (exact) mass is 287 g/mol. The second-order valence-corrected chi connectivity index (χ2v) is 4.55. The van der Waals surface area contributed by atoms with Gasteiger partial charge in [-0.3, -0.25) is 14.5 Å². The van der Waals surface area contributed by atoms with Gasteiger partial charge in [-0.1, -0.05) is 27.5 Å². The molecule has 78 valence electrons. The molecule has 0 aromatic heterocycles. The van der Waals surface area contributed by atoms with E-state index in [1.54, 1.807) is 18.2 Å². The van der Waals surface area contributed by atoms with Gasteiger partial charge in [0, 0.05) is 17.5 Å². The van der Waals surface area contributed by atoms with Crippen molar-refractivity contribution in [1.82, 2.24) is 0 Å². The van der Waals surface area contributed by atoms with Crippen LogP contribution in [-0.2, 0) is 4.79 Å². The van der Waals surface area contributed by atoms with Crippen molar-refractivity contribution >= 4 is 44.9 Å². The fraction of sp³-hybridized carbons (Fsp3) is 0.200. The highest BCUT2D eigenvalue weighted by Gasteiger charge is 2.37. The third-order valence-electron chi connectivity index (χ3n) is 2.27. The van der Waals surface area contributed by atoms with Gasteiger partial charge in [-0.05, 0) is 18.2 Å². The first-order valence-corrected chi connectivity index (χ1v) is 5.59. The molecule has 15 heavy (non-hydrogen) atoms. The molecule has 2 rings (SSSR count). The van der Waals surface area contributed by atoms with Gasteiger partial charge in [-0.15, -0.1) is 0 Å². The van der Waals surface area contributed by atoms with E-state index < -0.39 is 4.95 Å². The maximum Gasteiger partial charge on any atom is 0.225 e. The van der Waals surface area contributed by atoms with E-state index in [9.17, 15) is 9.59 Å². The highest BCUT2D eigenvalue weighted by atomic mass is 79.9. The lowest BCUT2D eigenvalue weighted by atomic mass is 10.1. The molecular weight excluding hydrogens is 281 g/mol. The lowest BCUT2D eigenvalue weighted by Crippen LogP contribution is -2.34. The zero-order valence-corrected chi connectivity index (χ0v) is 10.2. The minimum atomic E-state index is -0.608. The summed E-state index contributed by atoms with van der Waals surface area (Å²) >= 11 is 8.98. The maximum atomic E-state index is 11.8. The average molecular weight is 289 g/mol. The average Bonchev–Trinajstić information content (AvgIpc) is 2.41. The molecule has 1 heterocycles. The standard InChI is InChI=1S/C10H7BrClNO2/c1-5(14)13-8-3-2-6(12)4-7(8)9(15)10(13)11/h2-4,10H,1H3. The number of halogens is 2. The zero-order valence-electron chi connectivity index (χ0n) is 7.83. The lowest BCUT2D eigenvalue weighted by molar-refractivity contribution is -0.116. The Bertz CT molecular complexity index is 461. The first-order chi connectivity index (χ1) is 7.02. The first-order valence-electron chi connectivity index (χ1n) is 4.30. The van der Waals surface area contributed by atoms with Gasteiger partial charge in [0.05, 0.1) is 5.69 Å². The summed E-state index contributed by atoms with van der Waals surface area (Å²) in [6.07, 6.45) is 0. The van der Waals surface area contributed by atoms with E-state index in [1.165, 1.54) is 11.8 Å². The number of hydrogen-bond acceptors (Lipinski definition) is 2. The van der Waals surface area contributed by atoms with E-state index in [-0.39, 0.29) is 11.7 Å². The molecule has 0 saturated heterocycles. The number of alkyl halides is 1. The predicted octanol–water partition coefficient (Wildman–Crippen LogP) is 2.61. The van der Waals surface area contributed by atoms with Gasteiger partial charge in [0.2, 0.25) is 5.91 Å². The van der Waals surface area contributed by atoms with Crippen LogP contribution >= 0.6 is 27.5 Å². The molecule has 1 aromatic carbocycles. The van der Waals surface area contributed by atoms with Gasteiger partial charge >= 0.3 is 0 Å². The highest BCUT2D eigenvalue weighted by molar-refractivity contribution is 9.10. The van der Waals surface area contributed by atoms with Crippen LogP contribution in [0.15, 0.2) is 18.2 Å². The van der Waals surface area contributed by atoms with Crippen LogP contribution in [0.3, 0.4) is 0 Å². The summed E-state index contributed by atoms with van der Waals surface area (Å²) in [4.78, 5) is 23.9. The minimum Gasteiger partial charge on any atom is -0.291 e. The number of ketones is 1. The molecule has 0 radical (unpaired) electrons. The topological polar surface area (TPSA) is 37.4 Å². The Hall–Kier alpha value is -0.870. The smallest absolute Gasteiger partial charge is 0.225 e. The number of amides is 1. The van der Waals surface area contributed by atoms with E-state index in [1.807, 2.05) is 0 Å². The van der Waals surface area contributed by atoms with E-state index in [2.05, 4.69) is 15.9 Å². The fourth-order valence-corrected chi connectivity index (χ4v) is 2.54.